The summed E-state index contributed by atoms with van der Waals surface area (Å²) >= 11 is 5.96. The second kappa shape index (κ2) is 6.10. The predicted octanol–water partition coefficient (Wildman–Crippen LogP) is 1.76. The monoisotopic (exact) mass is 328 g/mol. The number of benzene rings is 1. The minimum absolute atomic E-state index is 0.122. The van der Waals surface area contributed by atoms with Crippen LogP contribution >= 0.6 is 11.6 Å². The number of carbonyl (C=O) groups excluding carboxylic acids is 2. The molecule has 0 spiro atoms. The van der Waals surface area contributed by atoms with Gasteiger partial charge in [-0.05, 0) is 35.9 Å². The third kappa shape index (κ3) is 3.17. The maximum absolute atomic E-state index is 12.2. The van der Waals surface area contributed by atoms with E-state index in [-0.39, 0.29) is 18.0 Å². The first-order valence-corrected chi connectivity index (χ1v) is 7.13. The smallest absolute Gasteiger partial charge is 0.228 e. The number of H-pyrrole nitrogens is 1. The second-order valence-corrected chi connectivity index (χ2v) is 5.36. The molecule has 0 saturated heterocycles. The second-order valence-electron chi connectivity index (χ2n) is 4.92. The van der Waals surface area contributed by atoms with Gasteiger partial charge in [0.05, 0.1) is 30.0 Å². The molecule has 23 heavy (non-hydrogen) atoms. The summed E-state index contributed by atoms with van der Waals surface area (Å²) in [5.74, 6) is -1.73. The highest BCUT2D eigenvalue weighted by molar-refractivity contribution is 6.31. The molecule has 6 nitrogen and oxygen atoms in total. The zero-order valence-electron chi connectivity index (χ0n) is 11.8. The summed E-state index contributed by atoms with van der Waals surface area (Å²) in [6, 6.07) is 8.29. The molecule has 0 fully saturated rings. The van der Waals surface area contributed by atoms with Crippen molar-refractivity contribution in [3.63, 3.8) is 0 Å². The van der Waals surface area contributed by atoms with E-state index >= 15 is 0 Å². The van der Waals surface area contributed by atoms with Gasteiger partial charge in [0.25, 0.3) is 0 Å². The highest BCUT2D eigenvalue weighted by Crippen LogP contribution is 2.26. The Morgan fingerprint density at radius 3 is 2.83 bits per heavy atom. The highest BCUT2D eigenvalue weighted by Gasteiger charge is 2.16. The molecule has 3 aromatic rings. The van der Waals surface area contributed by atoms with Crippen molar-refractivity contribution >= 4 is 40.1 Å². The molecular weight excluding hydrogens is 318 g/mol. The van der Waals surface area contributed by atoms with Crippen molar-refractivity contribution in [2.45, 2.75) is 6.42 Å². The van der Waals surface area contributed by atoms with Crippen LogP contribution < -0.4 is 10.4 Å². The standard InChI is InChI=1S/C16H12ClN3O3/c17-9-3-4-13-11(6-9)12(15(20-13)16(22)23)7-14(21)19-10-2-1-5-18-8-10/h1-6,8,20H,7H2,(H,19,21)(H,22,23)/p-1. The van der Waals surface area contributed by atoms with Gasteiger partial charge in [-0.15, -0.1) is 0 Å². The number of aromatic nitrogens is 2. The molecule has 2 N–H and O–H groups in total. The molecule has 116 valence electrons. The molecule has 0 saturated carbocycles. The Hall–Kier alpha value is -2.86. The van der Waals surface area contributed by atoms with Crippen LogP contribution in [0.5, 0.6) is 0 Å². The van der Waals surface area contributed by atoms with Gasteiger partial charge >= 0.3 is 0 Å². The first-order chi connectivity index (χ1) is 11.0. The Morgan fingerprint density at radius 2 is 2.13 bits per heavy atom. The number of amides is 1. The van der Waals surface area contributed by atoms with Gasteiger partial charge in [0.1, 0.15) is 0 Å². The molecule has 0 bridgehead atoms. The fourth-order valence-electron chi connectivity index (χ4n) is 2.38. The van der Waals surface area contributed by atoms with Gasteiger partial charge in [0.2, 0.25) is 5.91 Å². The zero-order chi connectivity index (χ0) is 16.4. The van der Waals surface area contributed by atoms with E-state index in [1.54, 1.807) is 36.5 Å². The van der Waals surface area contributed by atoms with E-state index in [1.165, 1.54) is 6.20 Å². The van der Waals surface area contributed by atoms with Gasteiger partial charge in [-0.1, -0.05) is 11.6 Å². The van der Waals surface area contributed by atoms with Gasteiger partial charge in [0.15, 0.2) is 0 Å². The van der Waals surface area contributed by atoms with Crippen LogP contribution in [0.15, 0.2) is 42.7 Å². The van der Waals surface area contributed by atoms with Crippen molar-refractivity contribution in [1.29, 1.82) is 0 Å². The van der Waals surface area contributed by atoms with Crippen molar-refractivity contribution in [2.75, 3.05) is 5.32 Å². The molecule has 0 radical (unpaired) electrons. The lowest BCUT2D eigenvalue weighted by Gasteiger charge is -2.07. The number of aromatic carboxylic acids is 1. The van der Waals surface area contributed by atoms with E-state index < -0.39 is 5.97 Å². The van der Waals surface area contributed by atoms with Crippen molar-refractivity contribution in [1.82, 2.24) is 9.97 Å². The fourth-order valence-corrected chi connectivity index (χ4v) is 2.55. The highest BCUT2D eigenvalue weighted by atomic mass is 35.5. The van der Waals surface area contributed by atoms with Crippen molar-refractivity contribution in [3.05, 3.63) is 59.0 Å². The number of aromatic amines is 1. The number of fused-ring (bicyclic) bond motifs is 1. The quantitative estimate of drug-likeness (QED) is 0.762. The molecule has 0 aliphatic rings. The number of hydrogen-bond acceptors (Lipinski definition) is 4. The third-order valence-electron chi connectivity index (χ3n) is 3.35. The van der Waals surface area contributed by atoms with Gasteiger partial charge in [-0.3, -0.25) is 9.78 Å². The molecule has 2 heterocycles. The number of anilines is 1. The van der Waals surface area contributed by atoms with Crippen LogP contribution in [0.1, 0.15) is 16.1 Å². The largest absolute Gasteiger partial charge is 0.543 e. The number of halogens is 1. The van der Waals surface area contributed by atoms with Crippen LogP contribution in [0.2, 0.25) is 5.02 Å². The molecule has 7 heteroatoms. The Bertz CT molecular complexity index is 890. The van der Waals surface area contributed by atoms with Crippen molar-refractivity contribution in [3.8, 4) is 0 Å². The number of nitrogens with zero attached hydrogens (tertiary/aromatic N) is 1. The molecule has 0 aliphatic carbocycles. The van der Waals surface area contributed by atoms with Crippen LogP contribution in [0.3, 0.4) is 0 Å². The topological polar surface area (TPSA) is 97.9 Å². The number of carboxylic acids is 1. The molecule has 1 amide bonds. The van der Waals surface area contributed by atoms with Crippen LogP contribution in [0, 0.1) is 0 Å². The lowest BCUT2D eigenvalue weighted by Crippen LogP contribution is -2.25. The van der Waals surface area contributed by atoms with E-state index in [9.17, 15) is 14.7 Å². The first kappa shape index (κ1) is 15.1. The van der Waals surface area contributed by atoms with Crippen LogP contribution in [-0.4, -0.2) is 21.8 Å². The number of rotatable bonds is 4. The molecule has 0 unspecified atom stereocenters. The van der Waals surface area contributed by atoms with Crippen molar-refractivity contribution in [2.24, 2.45) is 0 Å². The summed E-state index contributed by atoms with van der Waals surface area (Å²) in [6.07, 6.45) is 2.97. The maximum Gasteiger partial charge on any atom is 0.228 e. The van der Waals surface area contributed by atoms with E-state index in [1.807, 2.05) is 0 Å². The average molecular weight is 329 g/mol. The summed E-state index contributed by atoms with van der Waals surface area (Å²) in [7, 11) is 0. The van der Waals surface area contributed by atoms with E-state index in [4.69, 9.17) is 11.6 Å². The van der Waals surface area contributed by atoms with Gasteiger partial charge in [0, 0.05) is 22.1 Å². The molecule has 3 rings (SSSR count). The minimum Gasteiger partial charge on any atom is -0.543 e. The van der Waals surface area contributed by atoms with Gasteiger partial charge in [-0.2, -0.15) is 0 Å². The molecular formula is C16H11ClN3O3-. The molecule has 0 atom stereocenters. The zero-order valence-corrected chi connectivity index (χ0v) is 12.6. The molecule has 2 aromatic heterocycles. The summed E-state index contributed by atoms with van der Waals surface area (Å²) in [5.41, 5.74) is 1.33. The van der Waals surface area contributed by atoms with E-state index in [2.05, 4.69) is 15.3 Å². The average Bonchev–Trinajstić information content (AvgIpc) is 2.86. The Labute approximate surface area is 136 Å². The number of carboxylic acid groups (broad SMARTS) is 1. The van der Waals surface area contributed by atoms with E-state index in [0.29, 0.717) is 27.2 Å². The maximum atomic E-state index is 12.2. The Kier molecular flexibility index (Phi) is 3.99. The third-order valence-corrected chi connectivity index (χ3v) is 3.59. The van der Waals surface area contributed by atoms with Crippen LogP contribution in [-0.2, 0) is 11.2 Å². The van der Waals surface area contributed by atoms with Crippen LogP contribution in [0.25, 0.3) is 10.9 Å². The number of hydrogen-bond donors (Lipinski definition) is 2. The summed E-state index contributed by atoms with van der Waals surface area (Å²) in [5, 5.41) is 15.0. The number of carbonyl (C=O) groups is 2. The van der Waals surface area contributed by atoms with Crippen molar-refractivity contribution < 1.29 is 14.7 Å². The summed E-state index contributed by atoms with van der Waals surface area (Å²) in [4.78, 5) is 30.1. The first-order valence-electron chi connectivity index (χ1n) is 6.76. The molecule has 0 aliphatic heterocycles. The molecule has 1 aromatic carbocycles. The Balaban J connectivity index is 1.94. The van der Waals surface area contributed by atoms with Gasteiger partial charge < -0.3 is 20.2 Å². The lowest BCUT2D eigenvalue weighted by molar-refractivity contribution is -0.255. The lowest BCUT2D eigenvalue weighted by atomic mass is 10.1. The Morgan fingerprint density at radius 1 is 1.30 bits per heavy atom. The van der Waals surface area contributed by atoms with E-state index in [0.717, 1.165) is 0 Å². The van der Waals surface area contributed by atoms with Crippen LogP contribution in [0.4, 0.5) is 5.69 Å². The number of pyridine rings is 1. The summed E-state index contributed by atoms with van der Waals surface area (Å²) in [6.45, 7) is 0. The predicted molar refractivity (Wildman–Crippen MR) is 84.2 cm³/mol. The minimum atomic E-state index is -1.37. The normalized spacial score (nSPS) is 10.7. The fraction of sp³-hybridized carbons (Fsp3) is 0.0625. The SMILES string of the molecule is O=C(Cc1c(C(=O)[O-])[nH]c2ccc(Cl)cc12)Nc1cccnc1. The van der Waals surface area contributed by atoms with Gasteiger partial charge in [-0.25, -0.2) is 0 Å². The summed E-state index contributed by atoms with van der Waals surface area (Å²) < 4.78 is 0. The number of nitrogens with one attached hydrogen (secondary N) is 2.